The molecule has 3 nitrogen and oxygen atoms in total. The second kappa shape index (κ2) is 6.48. The summed E-state index contributed by atoms with van der Waals surface area (Å²) in [6.45, 7) is 1.39. The first-order valence-corrected chi connectivity index (χ1v) is 6.31. The standard InChI is InChI=1S/C17H15NO2/c1-13(19)16(12-14-8-4-2-5-9-14)17(20)18-15-10-6-3-7-11-15/h2-12H,1H3,(H,18,20). The number of benzene rings is 2. The zero-order valence-corrected chi connectivity index (χ0v) is 11.2. The highest BCUT2D eigenvalue weighted by molar-refractivity contribution is 6.25. The van der Waals surface area contributed by atoms with Gasteiger partial charge in [0.2, 0.25) is 0 Å². The first-order chi connectivity index (χ1) is 9.66. The van der Waals surface area contributed by atoms with Gasteiger partial charge >= 0.3 is 0 Å². The van der Waals surface area contributed by atoms with Crippen LogP contribution in [-0.2, 0) is 9.59 Å². The van der Waals surface area contributed by atoms with E-state index in [2.05, 4.69) is 5.32 Å². The minimum absolute atomic E-state index is 0.139. The number of carbonyl (C=O) groups excluding carboxylic acids is 2. The molecule has 0 aliphatic carbocycles. The van der Waals surface area contributed by atoms with Crippen LogP contribution >= 0.6 is 0 Å². The van der Waals surface area contributed by atoms with Gasteiger partial charge in [-0.3, -0.25) is 9.59 Å². The Hall–Kier alpha value is -2.68. The number of nitrogens with one attached hydrogen (secondary N) is 1. The molecule has 1 amide bonds. The molecule has 0 unspecified atom stereocenters. The van der Waals surface area contributed by atoms with Crippen LogP contribution in [0.3, 0.4) is 0 Å². The maximum atomic E-state index is 12.2. The normalized spacial score (nSPS) is 10.9. The van der Waals surface area contributed by atoms with E-state index in [1.807, 2.05) is 48.5 Å². The lowest BCUT2D eigenvalue weighted by Gasteiger charge is -2.06. The maximum Gasteiger partial charge on any atom is 0.259 e. The highest BCUT2D eigenvalue weighted by atomic mass is 16.2. The van der Waals surface area contributed by atoms with Crippen LogP contribution in [0, 0.1) is 0 Å². The van der Waals surface area contributed by atoms with Crippen LogP contribution < -0.4 is 5.32 Å². The Morgan fingerprint density at radius 2 is 1.45 bits per heavy atom. The van der Waals surface area contributed by atoms with E-state index in [1.54, 1.807) is 18.2 Å². The molecule has 3 heteroatoms. The number of ketones is 1. The molecule has 0 bridgehead atoms. The first kappa shape index (κ1) is 13.7. The molecule has 0 aromatic heterocycles. The average Bonchev–Trinajstić information content (AvgIpc) is 2.46. The zero-order chi connectivity index (χ0) is 14.4. The molecular weight excluding hydrogens is 250 g/mol. The second-order valence-corrected chi connectivity index (χ2v) is 4.35. The molecule has 0 heterocycles. The zero-order valence-electron chi connectivity index (χ0n) is 11.2. The van der Waals surface area contributed by atoms with Gasteiger partial charge in [-0.15, -0.1) is 0 Å². The third kappa shape index (κ3) is 3.65. The van der Waals surface area contributed by atoms with E-state index in [1.165, 1.54) is 6.92 Å². The predicted octanol–water partition coefficient (Wildman–Crippen LogP) is 3.30. The van der Waals surface area contributed by atoms with Gasteiger partial charge in [0, 0.05) is 5.69 Å². The lowest BCUT2D eigenvalue weighted by molar-refractivity contribution is -0.118. The number of carbonyl (C=O) groups is 2. The van der Waals surface area contributed by atoms with Gasteiger partial charge in [0.05, 0.1) is 5.57 Å². The third-order valence-electron chi connectivity index (χ3n) is 2.77. The van der Waals surface area contributed by atoms with E-state index in [0.29, 0.717) is 5.69 Å². The monoisotopic (exact) mass is 265 g/mol. The predicted molar refractivity (Wildman–Crippen MR) is 80.2 cm³/mol. The molecule has 20 heavy (non-hydrogen) atoms. The summed E-state index contributed by atoms with van der Waals surface area (Å²) < 4.78 is 0. The molecule has 0 saturated heterocycles. The largest absolute Gasteiger partial charge is 0.322 e. The van der Waals surface area contributed by atoms with Gasteiger partial charge < -0.3 is 5.32 Å². The van der Waals surface area contributed by atoms with Crippen molar-refractivity contribution in [2.45, 2.75) is 6.92 Å². The Balaban J connectivity index is 2.23. The van der Waals surface area contributed by atoms with E-state index in [0.717, 1.165) is 5.56 Å². The summed E-state index contributed by atoms with van der Waals surface area (Å²) in [6, 6.07) is 18.4. The van der Waals surface area contributed by atoms with Crippen molar-refractivity contribution < 1.29 is 9.59 Å². The summed E-state index contributed by atoms with van der Waals surface area (Å²) in [5.41, 5.74) is 1.62. The lowest BCUT2D eigenvalue weighted by atomic mass is 10.1. The number of para-hydroxylation sites is 1. The highest BCUT2D eigenvalue weighted by Crippen LogP contribution is 2.12. The quantitative estimate of drug-likeness (QED) is 0.524. The SMILES string of the molecule is CC(=O)C(=Cc1ccccc1)C(=O)Nc1ccccc1. The fraction of sp³-hybridized carbons (Fsp3) is 0.0588. The first-order valence-electron chi connectivity index (χ1n) is 6.31. The second-order valence-electron chi connectivity index (χ2n) is 4.35. The molecule has 0 aliphatic heterocycles. The summed E-state index contributed by atoms with van der Waals surface area (Å²) in [4.78, 5) is 23.8. The van der Waals surface area contributed by atoms with Crippen molar-refractivity contribution in [3.63, 3.8) is 0 Å². The molecule has 0 spiro atoms. The highest BCUT2D eigenvalue weighted by Gasteiger charge is 2.14. The Labute approximate surface area is 117 Å². The maximum absolute atomic E-state index is 12.2. The number of hydrogen-bond acceptors (Lipinski definition) is 2. The van der Waals surface area contributed by atoms with Gasteiger partial charge in [-0.05, 0) is 30.7 Å². The molecule has 2 aromatic carbocycles. The fourth-order valence-electron chi connectivity index (χ4n) is 1.76. The Kier molecular flexibility index (Phi) is 4.45. The summed E-state index contributed by atoms with van der Waals surface area (Å²) in [7, 11) is 0. The number of Topliss-reactive ketones (excluding diaryl/α,β-unsaturated/α-hetero) is 1. The van der Waals surface area contributed by atoms with Crippen LogP contribution in [0.5, 0.6) is 0 Å². The number of amides is 1. The van der Waals surface area contributed by atoms with Gasteiger partial charge in [0.15, 0.2) is 5.78 Å². The van der Waals surface area contributed by atoms with Crippen LogP contribution in [0.15, 0.2) is 66.2 Å². The van der Waals surface area contributed by atoms with Crippen LogP contribution in [0.25, 0.3) is 6.08 Å². The number of hydrogen-bond donors (Lipinski definition) is 1. The van der Waals surface area contributed by atoms with Crippen LogP contribution in [0.1, 0.15) is 12.5 Å². The molecular formula is C17H15NO2. The van der Waals surface area contributed by atoms with Crippen LogP contribution in [-0.4, -0.2) is 11.7 Å². The molecule has 0 fully saturated rings. The van der Waals surface area contributed by atoms with Crippen molar-refractivity contribution in [2.24, 2.45) is 0 Å². The minimum Gasteiger partial charge on any atom is -0.322 e. The van der Waals surface area contributed by atoms with Crippen molar-refractivity contribution in [1.82, 2.24) is 0 Å². The molecule has 2 aromatic rings. The fourth-order valence-corrected chi connectivity index (χ4v) is 1.76. The molecule has 0 saturated carbocycles. The molecule has 0 aliphatic rings. The van der Waals surface area contributed by atoms with Crippen molar-refractivity contribution >= 4 is 23.5 Å². The number of rotatable bonds is 4. The van der Waals surface area contributed by atoms with Gasteiger partial charge in [-0.1, -0.05) is 48.5 Å². The van der Waals surface area contributed by atoms with Crippen molar-refractivity contribution in [3.05, 3.63) is 71.8 Å². The molecule has 0 atom stereocenters. The minimum atomic E-state index is -0.396. The van der Waals surface area contributed by atoms with Crippen molar-refractivity contribution in [2.75, 3.05) is 5.32 Å². The van der Waals surface area contributed by atoms with Crippen LogP contribution in [0.2, 0.25) is 0 Å². The van der Waals surface area contributed by atoms with Gasteiger partial charge in [0.25, 0.3) is 5.91 Å². The number of anilines is 1. The summed E-state index contributed by atoms with van der Waals surface area (Å²) in [5.74, 6) is -0.658. The summed E-state index contributed by atoms with van der Waals surface area (Å²) in [5, 5.41) is 2.72. The van der Waals surface area contributed by atoms with Gasteiger partial charge in [-0.2, -0.15) is 0 Å². The molecule has 2 rings (SSSR count). The Bertz CT molecular complexity index is 631. The summed E-state index contributed by atoms with van der Waals surface area (Å²) in [6.07, 6.45) is 1.60. The third-order valence-corrected chi connectivity index (χ3v) is 2.77. The summed E-state index contributed by atoms with van der Waals surface area (Å²) >= 11 is 0. The molecule has 1 N–H and O–H groups in total. The lowest BCUT2D eigenvalue weighted by Crippen LogP contribution is -2.18. The molecule has 0 radical (unpaired) electrons. The van der Waals surface area contributed by atoms with E-state index in [-0.39, 0.29) is 11.4 Å². The molecule has 100 valence electrons. The van der Waals surface area contributed by atoms with Crippen molar-refractivity contribution in [3.8, 4) is 0 Å². The average molecular weight is 265 g/mol. The van der Waals surface area contributed by atoms with E-state index < -0.39 is 5.91 Å². The Morgan fingerprint density at radius 3 is 2.00 bits per heavy atom. The smallest absolute Gasteiger partial charge is 0.259 e. The Morgan fingerprint density at radius 1 is 0.900 bits per heavy atom. The van der Waals surface area contributed by atoms with Gasteiger partial charge in [-0.25, -0.2) is 0 Å². The van der Waals surface area contributed by atoms with Crippen LogP contribution in [0.4, 0.5) is 5.69 Å². The van der Waals surface area contributed by atoms with Gasteiger partial charge in [0.1, 0.15) is 0 Å². The van der Waals surface area contributed by atoms with E-state index in [4.69, 9.17) is 0 Å². The van der Waals surface area contributed by atoms with E-state index >= 15 is 0 Å². The van der Waals surface area contributed by atoms with Crippen molar-refractivity contribution in [1.29, 1.82) is 0 Å². The van der Waals surface area contributed by atoms with E-state index in [9.17, 15) is 9.59 Å². The topological polar surface area (TPSA) is 46.2 Å².